The third-order valence-corrected chi connectivity index (χ3v) is 3.22. The fourth-order valence-electron chi connectivity index (χ4n) is 1.71. The number of aromatic nitrogens is 3. The minimum Gasteiger partial charge on any atom is -0.487 e. The Balaban J connectivity index is 2.18. The number of hydrogen-bond donors (Lipinski definition) is 0. The van der Waals surface area contributed by atoms with E-state index in [1.807, 2.05) is 32.3 Å². The van der Waals surface area contributed by atoms with Crippen LogP contribution in [-0.4, -0.2) is 15.0 Å². The molecular weight excluding hydrogens is 318 g/mol. The molecule has 0 aliphatic carbocycles. The van der Waals surface area contributed by atoms with Gasteiger partial charge in [0.15, 0.2) is 0 Å². The molecule has 0 saturated carbocycles. The summed E-state index contributed by atoms with van der Waals surface area (Å²) in [6, 6.07) is 3.97. The van der Waals surface area contributed by atoms with Crippen LogP contribution in [0.2, 0.25) is 0 Å². The lowest BCUT2D eigenvalue weighted by atomic mass is 10.1. The molecule has 6 heteroatoms. The van der Waals surface area contributed by atoms with Crippen LogP contribution in [0.5, 0.6) is 5.75 Å². The zero-order chi connectivity index (χ0) is 13.1. The molecule has 1 heterocycles. The van der Waals surface area contributed by atoms with Gasteiger partial charge in [-0.25, -0.2) is 0 Å². The van der Waals surface area contributed by atoms with Crippen LogP contribution in [-0.2, 0) is 19.5 Å². The lowest BCUT2D eigenvalue weighted by Gasteiger charge is -2.12. The van der Waals surface area contributed by atoms with Gasteiger partial charge in [0.2, 0.25) is 0 Å². The molecule has 0 saturated heterocycles. The van der Waals surface area contributed by atoms with Gasteiger partial charge in [-0.3, -0.25) is 4.68 Å². The molecule has 1 aromatic heterocycles. The Morgan fingerprint density at radius 3 is 2.83 bits per heavy atom. The highest BCUT2D eigenvalue weighted by atomic mass is 79.9. The fraction of sp³-hybridized carbons (Fsp3) is 0.333. The predicted molar refractivity (Wildman–Crippen MR) is 73.8 cm³/mol. The van der Waals surface area contributed by atoms with Crippen LogP contribution in [0.3, 0.4) is 0 Å². The third kappa shape index (κ3) is 3.03. The number of aryl methyl sites for hydroxylation is 2. The van der Waals surface area contributed by atoms with Crippen LogP contribution in [0.15, 0.2) is 22.8 Å². The van der Waals surface area contributed by atoms with Crippen molar-refractivity contribution in [3.8, 4) is 5.75 Å². The van der Waals surface area contributed by atoms with E-state index in [1.54, 1.807) is 4.68 Å². The Kier molecular flexibility index (Phi) is 4.24. The molecule has 0 aliphatic rings. The third-order valence-electron chi connectivity index (χ3n) is 2.47. The molecule has 18 heavy (non-hydrogen) atoms. The van der Waals surface area contributed by atoms with Gasteiger partial charge < -0.3 is 4.74 Å². The zero-order valence-electron chi connectivity index (χ0n) is 10.2. The highest BCUT2D eigenvalue weighted by Gasteiger charge is 2.09. The zero-order valence-corrected chi connectivity index (χ0v) is 12.5. The largest absolute Gasteiger partial charge is 0.487 e. The lowest BCUT2D eigenvalue weighted by Crippen LogP contribution is -2.00. The molecular formula is C12H13BrClN3O. The summed E-state index contributed by atoms with van der Waals surface area (Å²) < 4.78 is 8.44. The van der Waals surface area contributed by atoms with Gasteiger partial charge in [-0.1, -0.05) is 21.1 Å². The molecule has 2 aromatic rings. The van der Waals surface area contributed by atoms with Gasteiger partial charge in [-0.15, -0.1) is 16.7 Å². The van der Waals surface area contributed by atoms with Gasteiger partial charge >= 0.3 is 0 Å². The summed E-state index contributed by atoms with van der Waals surface area (Å²) in [6.07, 6.45) is 1.83. The molecule has 0 atom stereocenters. The predicted octanol–water partition coefficient (Wildman–Crippen LogP) is 3.20. The number of alkyl halides is 1. The van der Waals surface area contributed by atoms with Crippen molar-refractivity contribution in [1.29, 1.82) is 0 Å². The number of nitrogens with zero attached hydrogens (tertiary/aromatic N) is 3. The first-order chi connectivity index (χ1) is 8.60. The second-order valence-electron chi connectivity index (χ2n) is 4.02. The van der Waals surface area contributed by atoms with Crippen molar-refractivity contribution < 1.29 is 4.74 Å². The Hall–Kier alpha value is -1.07. The van der Waals surface area contributed by atoms with E-state index in [0.717, 1.165) is 27.0 Å². The first-order valence-electron chi connectivity index (χ1n) is 5.43. The van der Waals surface area contributed by atoms with Crippen LogP contribution >= 0.6 is 27.5 Å². The Morgan fingerprint density at radius 1 is 1.44 bits per heavy atom. The average molecular weight is 331 g/mol. The molecule has 0 fully saturated rings. The van der Waals surface area contributed by atoms with E-state index in [1.165, 1.54) is 0 Å². The van der Waals surface area contributed by atoms with Crippen molar-refractivity contribution in [2.24, 2.45) is 7.05 Å². The minimum absolute atomic E-state index is 0.389. The van der Waals surface area contributed by atoms with Gasteiger partial charge in [0.25, 0.3) is 0 Å². The average Bonchev–Trinajstić information content (AvgIpc) is 2.73. The minimum atomic E-state index is 0.389. The van der Waals surface area contributed by atoms with Crippen LogP contribution in [0, 0.1) is 6.92 Å². The normalized spacial score (nSPS) is 10.7. The van der Waals surface area contributed by atoms with Gasteiger partial charge in [0, 0.05) is 17.1 Å². The lowest BCUT2D eigenvalue weighted by molar-refractivity contribution is 0.296. The number of ether oxygens (including phenoxy) is 1. The van der Waals surface area contributed by atoms with Gasteiger partial charge in [0.05, 0.1) is 12.1 Å². The molecule has 0 amide bonds. The highest BCUT2D eigenvalue weighted by molar-refractivity contribution is 9.10. The SMILES string of the molecule is Cc1cc(Br)cc(CCl)c1OCc1cn(C)nn1. The number of halogens is 2. The molecule has 0 unspecified atom stereocenters. The first kappa shape index (κ1) is 13.4. The molecule has 1 aromatic carbocycles. The molecule has 0 spiro atoms. The summed E-state index contributed by atoms with van der Waals surface area (Å²) in [5.74, 6) is 1.23. The maximum Gasteiger partial charge on any atom is 0.134 e. The van der Waals surface area contributed by atoms with Crippen LogP contribution < -0.4 is 4.74 Å². The summed E-state index contributed by atoms with van der Waals surface area (Å²) >= 11 is 9.38. The van der Waals surface area contributed by atoms with E-state index in [2.05, 4.69) is 26.2 Å². The second kappa shape index (κ2) is 5.71. The molecule has 96 valence electrons. The summed E-state index contributed by atoms with van der Waals surface area (Å²) in [5, 5.41) is 7.84. The Bertz CT molecular complexity index is 556. The summed E-state index contributed by atoms with van der Waals surface area (Å²) in [4.78, 5) is 0. The Morgan fingerprint density at radius 2 is 2.22 bits per heavy atom. The first-order valence-corrected chi connectivity index (χ1v) is 6.76. The molecule has 4 nitrogen and oxygen atoms in total. The molecule has 2 rings (SSSR count). The van der Waals surface area contributed by atoms with E-state index >= 15 is 0 Å². The fourth-order valence-corrected chi connectivity index (χ4v) is 2.53. The topological polar surface area (TPSA) is 39.9 Å². The van der Waals surface area contributed by atoms with E-state index in [4.69, 9.17) is 16.3 Å². The summed E-state index contributed by atoms with van der Waals surface area (Å²) in [5.41, 5.74) is 2.80. The van der Waals surface area contributed by atoms with Crippen molar-refractivity contribution in [2.75, 3.05) is 0 Å². The quantitative estimate of drug-likeness (QED) is 0.808. The Labute approximate surface area is 119 Å². The maximum absolute atomic E-state index is 5.93. The van der Waals surface area contributed by atoms with Crippen molar-refractivity contribution in [2.45, 2.75) is 19.4 Å². The summed E-state index contributed by atoms with van der Waals surface area (Å²) in [7, 11) is 1.82. The maximum atomic E-state index is 5.93. The van der Waals surface area contributed by atoms with E-state index in [0.29, 0.717) is 12.5 Å². The van der Waals surface area contributed by atoms with Crippen LogP contribution in [0.1, 0.15) is 16.8 Å². The highest BCUT2D eigenvalue weighted by Crippen LogP contribution is 2.29. The van der Waals surface area contributed by atoms with Crippen LogP contribution in [0.4, 0.5) is 0 Å². The van der Waals surface area contributed by atoms with Crippen molar-refractivity contribution in [3.05, 3.63) is 39.6 Å². The second-order valence-corrected chi connectivity index (χ2v) is 5.20. The molecule has 0 bridgehead atoms. The number of benzene rings is 1. The molecule has 0 radical (unpaired) electrons. The van der Waals surface area contributed by atoms with E-state index < -0.39 is 0 Å². The molecule has 0 aliphatic heterocycles. The van der Waals surface area contributed by atoms with Gasteiger partial charge in [0.1, 0.15) is 18.1 Å². The van der Waals surface area contributed by atoms with E-state index in [-0.39, 0.29) is 0 Å². The van der Waals surface area contributed by atoms with Gasteiger partial charge in [-0.05, 0) is 24.6 Å². The monoisotopic (exact) mass is 329 g/mol. The van der Waals surface area contributed by atoms with Crippen molar-refractivity contribution >= 4 is 27.5 Å². The smallest absolute Gasteiger partial charge is 0.134 e. The number of hydrogen-bond acceptors (Lipinski definition) is 3. The molecule has 0 N–H and O–H groups in total. The van der Waals surface area contributed by atoms with Crippen molar-refractivity contribution in [3.63, 3.8) is 0 Å². The van der Waals surface area contributed by atoms with E-state index in [9.17, 15) is 0 Å². The summed E-state index contributed by atoms with van der Waals surface area (Å²) in [6.45, 7) is 2.38. The van der Waals surface area contributed by atoms with Crippen LogP contribution in [0.25, 0.3) is 0 Å². The van der Waals surface area contributed by atoms with Gasteiger partial charge in [-0.2, -0.15) is 0 Å². The van der Waals surface area contributed by atoms with Crippen molar-refractivity contribution in [1.82, 2.24) is 15.0 Å². The standard InChI is InChI=1S/C12H13BrClN3O/c1-8-3-10(13)4-9(5-14)12(8)18-7-11-6-17(2)16-15-11/h3-4,6H,5,7H2,1-2H3. The number of rotatable bonds is 4.